The maximum absolute atomic E-state index is 7.56. The van der Waals surface area contributed by atoms with Crippen molar-refractivity contribution in [2.45, 2.75) is 0 Å². The van der Waals surface area contributed by atoms with E-state index in [1.165, 1.54) is 22.3 Å². The fraction of sp³-hybridized carbons (Fsp3) is 0. The van der Waals surface area contributed by atoms with E-state index in [9.17, 15) is 0 Å². The van der Waals surface area contributed by atoms with Crippen LogP contribution in [0.3, 0.4) is 0 Å². The van der Waals surface area contributed by atoms with Crippen molar-refractivity contribution in [1.29, 1.82) is 0 Å². The third-order valence-corrected chi connectivity index (χ3v) is 3.10. The summed E-state index contributed by atoms with van der Waals surface area (Å²) in [6.07, 6.45) is 0. The van der Waals surface area contributed by atoms with Crippen molar-refractivity contribution in [1.82, 2.24) is 0 Å². The predicted octanol–water partition coefficient (Wildman–Crippen LogP) is 4.21. The lowest BCUT2D eigenvalue weighted by molar-refractivity contribution is 0.363. The first-order valence-corrected chi connectivity index (χ1v) is 9.59. The molecule has 0 fully saturated rings. The number of hydrogen-bond donors (Lipinski definition) is 3. The Kier molecular flexibility index (Phi) is 6.22. The first-order valence-electron chi connectivity index (χ1n) is 6.93. The van der Waals surface area contributed by atoms with Gasteiger partial charge in [-0.05, 0) is 34.1 Å². The van der Waals surface area contributed by atoms with Gasteiger partial charge in [-0.2, -0.15) is 0 Å². The molecule has 3 aromatic rings. The first kappa shape index (κ1) is 17.5. The summed E-state index contributed by atoms with van der Waals surface area (Å²) < 4.78 is 0. The lowest BCUT2D eigenvalue weighted by atomic mass is 9.95. The van der Waals surface area contributed by atoms with Gasteiger partial charge in [0.05, 0.1) is 0 Å². The Bertz CT molecular complexity index is 719. The summed E-state index contributed by atoms with van der Waals surface area (Å²) in [6, 6.07) is 29.6. The third kappa shape index (κ3) is 6.06. The van der Waals surface area contributed by atoms with Crippen LogP contribution in [0.25, 0.3) is 22.3 Å². The van der Waals surface area contributed by atoms with E-state index in [1.54, 1.807) is 0 Å². The second kappa shape index (κ2) is 8.16. The van der Waals surface area contributed by atoms with Crippen LogP contribution in [0.1, 0.15) is 0 Å². The fourth-order valence-corrected chi connectivity index (χ4v) is 2.22. The van der Waals surface area contributed by atoms with Crippen LogP contribution in [0.2, 0.25) is 0 Å². The molecule has 3 N–H and O–H groups in total. The monoisotopic (exact) mass is 344 g/mol. The van der Waals surface area contributed by atoms with E-state index in [4.69, 9.17) is 14.7 Å². The van der Waals surface area contributed by atoms with Gasteiger partial charge < -0.3 is 14.7 Å². The lowest BCUT2D eigenvalue weighted by Gasteiger charge is -2.09. The smallest absolute Gasteiger partial charge is 0.319 e. The maximum Gasteiger partial charge on any atom is 0.319 e. The van der Waals surface area contributed by atoms with Gasteiger partial charge in [0.1, 0.15) is 0 Å². The van der Waals surface area contributed by atoms with E-state index >= 15 is 0 Å². The van der Waals surface area contributed by atoms with Crippen LogP contribution in [0.4, 0.5) is 0 Å². The van der Waals surface area contributed by atoms with Gasteiger partial charge in [0.15, 0.2) is 0 Å². The molecule has 5 heteroatoms. The molecular weight excluding hydrogens is 327 g/mol. The Morgan fingerprint density at radius 2 is 0.783 bits per heavy atom. The third-order valence-electron chi connectivity index (χ3n) is 3.10. The Balaban J connectivity index is 0.000000338. The molecule has 23 heavy (non-hydrogen) atoms. The minimum absolute atomic E-state index is 1.26. The van der Waals surface area contributed by atoms with Crippen molar-refractivity contribution < 1.29 is 14.7 Å². The van der Waals surface area contributed by atoms with Gasteiger partial charge in [-0.15, -0.1) is 0 Å². The first-order chi connectivity index (χ1) is 10.9. The Labute approximate surface area is 140 Å². The van der Waals surface area contributed by atoms with Crippen LogP contribution in [0.15, 0.2) is 84.9 Å². The summed E-state index contributed by atoms with van der Waals surface area (Å²) >= 11 is 3.60. The van der Waals surface area contributed by atoms with Crippen LogP contribution in [0.5, 0.6) is 0 Å². The molecule has 0 aromatic heterocycles. The molecule has 0 saturated carbocycles. The molecule has 0 spiro atoms. The molecule has 118 valence electrons. The van der Waals surface area contributed by atoms with E-state index in [0.717, 1.165) is 0 Å². The normalized spacial score (nSPS) is 10.6. The standard InChI is InChI=1S/C18H14.H3O3PS/c1-3-9-15(10-4-1)17-13-7-8-14-18(17)16-11-5-2-6-12-16;1-4(2,3)5/h1-14H;(H3,1,2,3,5). The molecule has 0 bridgehead atoms. The van der Waals surface area contributed by atoms with Crippen LogP contribution < -0.4 is 0 Å². The molecule has 3 aromatic carbocycles. The molecule has 0 amide bonds. The topological polar surface area (TPSA) is 60.7 Å². The van der Waals surface area contributed by atoms with Crippen molar-refractivity contribution in [2.24, 2.45) is 0 Å². The Morgan fingerprint density at radius 1 is 0.522 bits per heavy atom. The van der Waals surface area contributed by atoms with E-state index in [2.05, 4.69) is 96.7 Å². The minimum Gasteiger partial charge on any atom is -0.325 e. The summed E-state index contributed by atoms with van der Waals surface area (Å²) in [6.45, 7) is -3.81. The zero-order chi connectivity index (χ0) is 16.7. The average Bonchev–Trinajstić information content (AvgIpc) is 2.55. The van der Waals surface area contributed by atoms with Crippen LogP contribution >= 0.6 is 6.72 Å². The van der Waals surface area contributed by atoms with E-state index in [-0.39, 0.29) is 0 Å². The van der Waals surface area contributed by atoms with E-state index < -0.39 is 6.72 Å². The molecular formula is C18H17O3PS. The molecule has 0 saturated heterocycles. The van der Waals surface area contributed by atoms with Gasteiger partial charge in [0, 0.05) is 0 Å². The number of benzene rings is 3. The minimum atomic E-state index is -3.81. The highest BCUT2D eigenvalue weighted by atomic mass is 32.5. The van der Waals surface area contributed by atoms with Gasteiger partial charge in [-0.3, -0.25) is 0 Å². The summed E-state index contributed by atoms with van der Waals surface area (Å²) in [4.78, 5) is 22.7. The van der Waals surface area contributed by atoms with E-state index in [0.29, 0.717) is 0 Å². The molecule has 0 aliphatic carbocycles. The van der Waals surface area contributed by atoms with Crippen molar-refractivity contribution in [2.75, 3.05) is 0 Å². The summed E-state index contributed by atoms with van der Waals surface area (Å²) in [5.41, 5.74) is 5.09. The number of rotatable bonds is 2. The van der Waals surface area contributed by atoms with Gasteiger partial charge in [0.2, 0.25) is 0 Å². The van der Waals surface area contributed by atoms with Crippen molar-refractivity contribution in [3.63, 3.8) is 0 Å². The van der Waals surface area contributed by atoms with Gasteiger partial charge in [0.25, 0.3) is 0 Å². The highest BCUT2D eigenvalue weighted by molar-refractivity contribution is 8.06. The highest BCUT2D eigenvalue weighted by Crippen LogP contribution is 2.31. The van der Waals surface area contributed by atoms with E-state index in [1.807, 2.05) is 0 Å². The van der Waals surface area contributed by atoms with Crippen LogP contribution in [0, 0.1) is 0 Å². The second-order valence-corrected chi connectivity index (χ2v) is 7.29. The average molecular weight is 344 g/mol. The van der Waals surface area contributed by atoms with Crippen LogP contribution in [-0.4, -0.2) is 14.7 Å². The lowest BCUT2D eigenvalue weighted by Crippen LogP contribution is -1.83. The second-order valence-electron chi connectivity index (χ2n) is 4.79. The largest absolute Gasteiger partial charge is 0.325 e. The summed E-state index contributed by atoms with van der Waals surface area (Å²) in [5.74, 6) is 0. The molecule has 0 radical (unpaired) electrons. The van der Waals surface area contributed by atoms with Crippen LogP contribution in [-0.2, 0) is 11.8 Å². The number of hydrogen-bond acceptors (Lipinski definition) is 1. The highest BCUT2D eigenvalue weighted by Gasteiger charge is 2.05. The van der Waals surface area contributed by atoms with Crippen molar-refractivity contribution in [3.8, 4) is 22.3 Å². The molecule has 0 aliphatic rings. The zero-order valence-corrected chi connectivity index (χ0v) is 14.0. The van der Waals surface area contributed by atoms with Crippen molar-refractivity contribution >= 4 is 18.5 Å². The molecule has 3 nitrogen and oxygen atoms in total. The fourth-order valence-electron chi connectivity index (χ4n) is 2.22. The zero-order valence-electron chi connectivity index (χ0n) is 12.3. The molecule has 0 aliphatic heterocycles. The maximum atomic E-state index is 7.56. The quantitative estimate of drug-likeness (QED) is 0.610. The Morgan fingerprint density at radius 3 is 1.09 bits per heavy atom. The molecule has 0 atom stereocenters. The SMILES string of the molecule is OP(O)(O)=S.c1ccc(-c2ccccc2-c2ccccc2)cc1. The predicted molar refractivity (Wildman–Crippen MR) is 98.3 cm³/mol. The van der Waals surface area contributed by atoms with Gasteiger partial charge in [-0.1, -0.05) is 84.9 Å². The molecule has 0 heterocycles. The van der Waals surface area contributed by atoms with Crippen molar-refractivity contribution in [3.05, 3.63) is 84.9 Å². The molecule has 3 rings (SSSR count). The summed E-state index contributed by atoms with van der Waals surface area (Å²) in [5, 5.41) is 0. The summed E-state index contributed by atoms with van der Waals surface area (Å²) in [7, 11) is 0. The van der Waals surface area contributed by atoms with Gasteiger partial charge >= 0.3 is 6.72 Å². The van der Waals surface area contributed by atoms with Gasteiger partial charge in [-0.25, -0.2) is 0 Å². The molecule has 0 unspecified atom stereocenters. The Hall–Kier alpha value is -1.81.